The molecule has 0 aliphatic carbocycles. The fraction of sp³-hybridized carbons (Fsp3) is 0.500. The zero-order chi connectivity index (χ0) is 13.0. The molecule has 2 rings (SSSR count). The summed E-state index contributed by atoms with van der Waals surface area (Å²) in [5.41, 5.74) is -0.596. The summed E-state index contributed by atoms with van der Waals surface area (Å²) in [6.45, 7) is 1.72. The average Bonchev–Trinajstić information content (AvgIpc) is 2.37. The number of para-hydroxylation sites is 1. The fourth-order valence-electron chi connectivity index (χ4n) is 1.76. The maximum Gasteiger partial charge on any atom is 0.418 e. The molecule has 0 amide bonds. The number of ether oxygens (including phenoxy) is 2. The summed E-state index contributed by atoms with van der Waals surface area (Å²) in [7, 11) is 0. The third kappa shape index (κ3) is 3.36. The largest absolute Gasteiger partial charge is 0.418 e. The lowest BCUT2D eigenvalue weighted by molar-refractivity contribution is -0.137. The van der Waals surface area contributed by atoms with Crippen LogP contribution in [0.1, 0.15) is 5.56 Å². The maximum atomic E-state index is 12.7. The molecule has 1 aromatic rings. The maximum absolute atomic E-state index is 12.7. The second-order valence-corrected chi connectivity index (χ2v) is 3.99. The number of anilines is 1. The molecule has 1 aliphatic rings. The Morgan fingerprint density at radius 2 is 2.00 bits per heavy atom. The molecule has 1 heterocycles. The van der Waals surface area contributed by atoms with Gasteiger partial charge in [0.05, 0.1) is 31.5 Å². The second kappa shape index (κ2) is 5.58. The van der Waals surface area contributed by atoms with E-state index in [4.69, 9.17) is 9.47 Å². The van der Waals surface area contributed by atoms with Crippen LogP contribution in [0.5, 0.6) is 0 Å². The molecule has 3 nitrogen and oxygen atoms in total. The lowest BCUT2D eigenvalue weighted by atomic mass is 10.1. The Bertz CT molecular complexity index is 389. The Labute approximate surface area is 103 Å². The molecule has 1 aliphatic heterocycles. The second-order valence-electron chi connectivity index (χ2n) is 3.99. The summed E-state index contributed by atoms with van der Waals surface area (Å²) >= 11 is 0. The number of nitrogens with one attached hydrogen (secondary N) is 1. The summed E-state index contributed by atoms with van der Waals surface area (Å²) in [6, 6.07) is 5.40. The van der Waals surface area contributed by atoms with E-state index in [1.807, 2.05) is 0 Å². The minimum atomic E-state index is -4.35. The molecule has 0 radical (unpaired) electrons. The quantitative estimate of drug-likeness (QED) is 0.907. The molecule has 0 bridgehead atoms. The summed E-state index contributed by atoms with van der Waals surface area (Å²) in [6.07, 6.45) is -4.56. The number of hydrogen-bond donors (Lipinski definition) is 1. The van der Waals surface area contributed by atoms with Crippen molar-refractivity contribution in [2.75, 3.05) is 31.7 Å². The minimum absolute atomic E-state index is 0.0687. The number of hydrogen-bond acceptors (Lipinski definition) is 3. The Balaban J connectivity index is 2.00. The number of alkyl halides is 3. The Kier molecular flexibility index (Phi) is 4.08. The van der Waals surface area contributed by atoms with Gasteiger partial charge in [0.1, 0.15) is 0 Å². The molecule has 1 saturated heterocycles. The van der Waals surface area contributed by atoms with Crippen molar-refractivity contribution >= 4 is 5.69 Å². The standard InChI is InChI=1S/C12H14F3NO2/c13-12(14,15)10-3-1-2-4-11(10)16-7-9-8-17-5-6-18-9/h1-4,9,16H,5-8H2. The van der Waals surface area contributed by atoms with Crippen LogP contribution in [0.15, 0.2) is 24.3 Å². The van der Waals surface area contributed by atoms with E-state index >= 15 is 0 Å². The molecule has 100 valence electrons. The smallest absolute Gasteiger partial charge is 0.382 e. The van der Waals surface area contributed by atoms with Crippen LogP contribution >= 0.6 is 0 Å². The van der Waals surface area contributed by atoms with Gasteiger partial charge in [0, 0.05) is 12.2 Å². The monoisotopic (exact) mass is 261 g/mol. The van der Waals surface area contributed by atoms with Gasteiger partial charge in [0.25, 0.3) is 0 Å². The molecule has 1 fully saturated rings. The van der Waals surface area contributed by atoms with E-state index in [2.05, 4.69) is 5.32 Å². The van der Waals surface area contributed by atoms with Gasteiger partial charge in [-0.15, -0.1) is 0 Å². The van der Waals surface area contributed by atoms with Crippen molar-refractivity contribution in [2.24, 2.45) is 0 Å². The topological polar surface area (TPSA) is 30.5 Å². The molecule has 0 saturated carbocycles. The molecule has 1 N–H and O–H groups in total. The third-order valence-corrected chi connectivity index (χ3v) is 2.64. The van der Waals surface area contributed by atoms with E-state index in [1.54, 1.807) is 6.07 Å². The van der Waals surface area contributed by atoms with Gasteiger partial charge < -0.3 is 14.8 Å². The van der Waals surface area contributed by atoms with E-state index in [-0.39, 0.29) is 11.8 Å². The third-order valence-electron chi connectivity index (χ3n) is 2.64. The van der Waals surface area contributed by atoms with Crippen molar-refractivity contribution in [3.63, 3.8) is 0 Å². The predicted octanol–water partition coefficient (Wildman–Crippen LogP) is 2.53. The Hall–Kier alpha value is -1.27. The molecule has 0 aromatic heterocycles. The van der Waals surface area contributed by atoms with Gasteiger partial charge in [0.15, 0.2) is 0 Å². The van der Waals surface area contributed by atoms with E-state index in [0.717, 1.165) is 6.07 Å². The van der Waals surface area contributed by atoms with Crippen molar-refractivity contribution in [1.29, 1.82) is 0 Å². The first-order valence-corrected chi connectivity index (χ1v) is 5.67. The summed E-state index contributed by atoms with van der Waals surface area (Å²) in [4.78, 5) is 0. The minimum Gasteiger partial charge on any atom is -0.382 e. The van der Waals surface area contributed by atoms with Crippen LogP contribution in [0.3, 0.4) is 0 Å². The molecule has 1 unspecified atom stereocenters. The molecular formula is C12H14F3NO2. The van der Waals surface area contributed by atoms with Crippen LogP contribution in [0.25, 0.3) is 0 Å². The van der Waals surface area contributed by atoms with Gasteiger partial charge in [0.2, 0.25) is 0 Å². The number of halogens is 3. The molecule has 1 atom stereocenters. The lowest BCUT2D eigenvalue weighted by Crippen LogP contribution is -2.34. The average molecular weight is 261 g/mol. The van der Waals surface area contributed by atoms with E-state index < -0.39 is 11.7 Å². The highest BCUT2D eigenvalue weighted by atomic mass is 19.4. The Morgan fingerprint density at radius 3 is 2.67 bits per heavy atom. The van der Waals surface area contributed by atoms with Crippen LogP contribution in [0.4, 0.5) is 18.9 Å². The van der Waals surface area contributed by atoms with Gasteiger partial charge in [-0.1, -0.05) is 12.1 Å². The van der Waals surface area contributed by atoms with E-state index in [9.17, 15) is 13.2 Å². The molecular weight excluding hydrogens is 247 g/mol. The predicted molar refractivity (Wildman–Crippen MR) is 60.5 cm³/mol. The van der Waals surface area contributed by atoms with Crippen molar-refractivity contribution < 1.29 is 22.6 Å². The van der Waals surface area contributed by atoms with E-state index in [1.165, 1.54) is 12.1 Å². The number of rotatable bonds is 3. The van der Waals surface area contributed by atoms with Crippen LogP contribution in [0.2, 0.25) is 0 Å². The SMILES string of the molecule is FC(F)(F)c1ccccc1NCC1COCCO1. The number of benzene rings is 1. The zero-order valence-corrected chi connectivity index (χ0v) is 9.67. The molecule has 18 heavy (non-hydrogen) atoms. The van der Waals surface area contributed by atoms with Crippen molar-refractivity contribution in [2.45, 2.75) is 12.3 Å². The highest BCUT2D eigenvalue weighted by Gasteiger charge is 2.33. The van der Waals surface area contributed by atoms with Crippen molar-refractivity contribution in [1.82, 2.24) is 0 Å². The first-order valence-electron chi connectivity index (χ1n) is 5.67. The van der Waals surface area contributed by atoms with Gasteiger partial charge in [-0.2, -0.15) is 13.2 Å². The highest BCUT2D eigenvalue weighted by Crippen LogP contribution is 2.34. The van der Waals surface area contributed by atoms with Crippen molar-refractivity contribution in [3.05, 3.63) is 29.8 Å². The molecule has 0 spiro atoms. The summed E-state index contributed by atoms with van der Waals surface area (Å²) in [5, 5.41) is 2.76. The zero-order valence-electron chi connectivity index (χ0n) is 9.67. The lowest BCUT2D eigenvalue weighted by Gasteiger charge is -2.24. The molecule has 6 heteroatoms. The van der Waals surface area contributed by atoms with Crippen LogP contribution in [-0.2, 0) is 15.7 Å². The van der Waals surface area contributed by atoms with Gasteiger partial charge in [-0.05, 0) is 12.1 Å². The molecule has 1 aromatic carbocycles. The van der Waals surface area contributed by atoms with Crippen molar-refractivity contribution in [3.8, 4) is 0 Å². The van der Waals surface area contributed by atoms with Crippen LogP contribution in [0, 0.1) is 0 Å². The highest BCUT2D eigenvalue weighted by molar-refractivity contribution is 5.52. The van der Waals surface area contributed by atoms with Gasteiger partial charge in [-0.3, -0.25) is 0 Å². The summed E-state index contributed by atoms with van der Waals surface area (Å²) < 4.78 is 48.7. The van der Waals surface area contributed by atoms with Gasteiger partial charge >= 0.3 is 6.18 Å². The van der Waals surface area contributed by atoms with Crippen LogP contribution < -0.4 is 5.32 Å². The Morgan fingerprint density at radius 1 is 1.22 bits per heavy atom. The first kappa shape index (κ1) is 13.2. The summed E-state index contributed by atoms with van der Waals surface area (Å²) in [5.74, 6) is 0. The van der Waals surface area contributed by atoms with E-state index in [0.29, 0.717) is 26.4 Å². The van der Waals surface area contributed by atoms with Gasteiger partial charge in [-0.25, -0.2) is 0 Å². The first-order chi connectivity index (χ1) is 8.57. The fourth-order valence-corrected chi connectivity index (χ4v) is 1.76. The van der Waals surface area contributed by atoms with Crippen LogP contribution in [-0.4, -0.2) is 32.5 Å². The normalized spacial score (nSPS) is 20.7.